The molecular weight excluding hydrogens is 404 g/mol. The van der Waals surface area contributed by atoms with E-state index in [1.54, 1.807) is 12.1 Å². The zero-order valence-electron chi connectivity index (χ0n) is 16.9. The molecule has 7 heteroatoms. The topological polar surface area (TPSA) is 67.4 Å². The van der Waals surface area contributed by atoms with E-state index in [1.807, 2.05) is 36.4 Å². The van der Waals surface area contributed by atoms with Crippen molar-refractivity contribution >= 4 is 32.9 Å². The summed E-state index contributed by atoms with van der Waals surface area (Å²) in [7, 11) is -3.20. The summed E-state index contributed by atoms with van der Waals surface area (Å²) in [5.41, 5.74) is 1.88. The first-order chi connectivity index (χ1) is 13.8. The highest BCUT2D eigenvalue weighted by atomic mass is 32.2. The second-order valence-electron chi connectivity index (χ2n) is 7.45. The molecule has 1 atom stereocenters. The van der Waals surface area contributed by atoms with Crippen LogP contribution in [0.5, 0.6) is 5.75 Å². The van der Waals surface area contributed by atoms with Crippen LogP contribution in [0.15, 0.2) is 53.4 Å². The van der Waals surface area contributed by atoms with E-state index in [0.717, 1.165) is 36.3 Å². The van der Waals surface area contributed by atoms with Crippen molar-refractivity contribution in [3.8, 4) is 5.75 Å². The number of ether oxygens (including phenoxy) is 1. The van der Waals surface area contributed by atoms with Gasteiger partial charge in [0.05, 0.1) is 17.0 Å². The van der Waals surface area contributed by atoms with Crippen LogP contribution in [0, 0.1) is 0 Å². The molecule has 0 heterocycles. The quantitative estimate of drug-likeness (QED) is 0.610. The van der Waals surface area contributed by atoms with Gasteiger partial charge >= 0.3 is 0 Å². The van der Waals surface area contributed by atoms with Gasteiger partial charge in [-0.05, 0) is 86.3 Å². The van der Waals surface area contributed by atoms with Crippen molar-refractivity contribution in [3.63, 3.8) is 0 Å². The summed E-state index contributed by atoms with van der Waals surface area (Å²) in [4.78, 5) is 0.316. The molecule has 0 aliphatic heterocycles. The fraction of sp³-hybridized carbons (Fsp3) is 0.409. The smallest absolute Gasteiger partial charge is 0.175 e. The van der Waals surface area contributed by atoms with Gasteiger partial charge < -0.3 is 15.4 Å². The molecule has 1 saturated carbocycles. The van der Waals surface area contributed by atoms with Crippen LogP contribution in [0.3, 0.4) is 0 Å². The normalized spacial score (nSPS) is 15.7. The Balaban J connectivity index is 1.56. The molecule has 0 spiro atoms. The molecule has 0 radical (unpaired) electrons. The molecule has 0 aromatic heterocycles. The zero-order chi connectivity index (χ0) is 20.9. The third kappa shape index (κ3) is 6.18. The van der Waals surface area contributed by atoms with Crippen LogP contribution in [0.2, 0.25) is 0 Å². The minimum atomic E-state index is -3.20. The summed E-state index contributed by atoms with van der Waals surface area (Å²) in [5, 5.41) is 7.03. The van der Waals surface area contributed by atoms with Gasteiger partial charge in [0.2, 0.25) is 0 Å². The maximum atomic E-state index is 11.6. The van der Waals surface area contributed by atoms with E-state index in [4.69, 9.17) is 17.0 Å². The van der Waals surface area contributed by atoms with Gasteiger partial charge in [-0.25, -0.2) is 8.42 Å². The van der Waals surface area contributed by atoms with E-state index in [0.29, 0.717) is 16.1 Å². The molecule has 29 heavy (non-hydrogen) atoms. The molecule has 0 bridgehead atoms. The number of sulfone groups is 1. The number of thiocarbonyl (C=S) groups is 1. The fourth-order valence-electron chi connectivity index (χ4n) is 3.51. The Morgan fingerprint density at radius 3 is 2.28 bits per heavy atom. The Bertz CT molecular complexity index is 920. The predicted octanol–water partition coefficient (Wildman–Crippen LogP) is 4.85. The van der Waals surface area contributed by atoms with Gasteiger partial charge in [0.15, 0.2) is 14.9 Å². The Labute approximate surface area is 178 Å². The van der Waals surface area contributed by atoms with Crippen LogP contribution in [0.1, 0.15) is 50.6 Å². The molecule has 1 unspecified atom stereocenters. The summed E-state index contributed by atoms with van der Waals surface area (Å²) in [6.07, 6.45) is 7.14. The minimum absolute atomic E-state index is 0.00594. The molecule has 2 aromatic rings. The second kappa shape index (κ2) is 9.59. The van der Waals surface area contributed by atoms with Gasteiger partial charge in [-0.15, -0.1) is 0 Å². The van der Waals surface area contributed by atoms with Crippen LogP contribution in [-0.4, -0.2) is 25.9 Å². The number of rotatable bonds is 7. The third-order valence-corrected chi connectivity index (χ3v) is 6.49. The first kappa shape index (κ1) is 21.6. The third-order valence-electron chi connectivity index (χ3n) is 5.14. The van der Waals surface area contributed by atoms with E-state index in [9.17, 15) is 8.42 Å². The molecular formula is C22H28N2O3S2. The van der Waals surface area contributed by atoms with Gasteiger partial charge in [-0.3, -0.25) is 0 Å². The average molecular weight is 433 g/mol. The van der Waals surface area contributed by atoms with Crippen molar-refractivity contribution in [1.82, 2.24) is 5.32 Å². The first-order valence-electron chi connectivity index (χ1n) is 9.99. The lowest BCUT2D eigenvalue weighted by Crippen LogP contribution is -2.32. The SMILES string of the molecule is CCC(NC(=S)Nc1ccc(OC2CCCC2)cc1)c1ccc(S(C)(=O)=O)cc1. The lowest BCUT2D eigenvalue weighted by molar-refractivity contribution is 0.210. The molecule has 0 amide bonds. The fourth-order valence-corrected chi connectivity index (χ4v) is 4.40. The Morgan fingerprint density at radius 1 is 1.10 bits per heavy atom. The molecule has 2 aromatic carbocycles. The van der Waals surface area contributed by atoms with Gasteiger partial charge in [-0.2, -0.15) is 0 Å². The van der Waals surface area contributed by atoms with E-state index in [2.05, 4.69) is 17.6 Å². The molecule has 5 nitrogen and oxygen atoms in total. The van der Waals surface area contributed by atoms with E-state index in [1.165, 1.54) is 19.1 Å². The van der Waals surface area contributed by atoms with Crippen molar-refractivity contribution in [2.75, 3.05) is 11.6 Å². The van der Waals surface area contributed by atoms with Crippen molar-refractivity contribution < 1.29 is 13.2 Å². The van der Waals surface area contributed by atoms with Crippen LogP contribution >= 0.6 is 12.2 Å². The first-order valence-corrected chi connectivity index (χ1v) is 12.3. The Kier molecular flexibility index (Phi) is 7.14. The molecule has 1 fully saturated rings. The monoisotopic (exact) mass is 432 g/mol. The molecule has 0 saturated heterocycles. The standard InChI is InChI=1S/C22H28N2O3S2/c1-3-21(16-8-14-20(15-9-16)29(2,25)26)24-22(28)23-17-10-12-19(13-11-17)27-18-6-4-5-7-18/h8-15,18,21H,3-7H2,1-2H3,(H2,23,24,28). The van der Waals surface area contributed by atoms with Crippen LogP contribution in [-0.2, 0) is 9.84 Å². The van der Waals surface area contributed by atoms with Crippen molar-refractivity contribution in [2.24, 2.45) is 0 Å². The summed E-state index contributed by atoms with van der Waals surface area (Å²) in [6, 6.07) is 14.8. The number of nitrogens with one attached hydrogen (secondary N) is 2. The summed E-state index contributed by atoms with van der Waals surface area (Å²) in [6.45, 7) is 2.06. The molecule has 1 aliphatic carbocycles. The maximum Gasteiger partial charge on any atom is 0.175 e. The molecule has 2 N–H and O–H groups in total. The molecule has 3 rings (SSSR count). The number of hydrogen-bond acceptors (Lipinski definition) is 4. The van der Waals surface area contributed by atoms with Gasteiger partial charge in [-0.1, -0.05) is 19.1 Å². The molecule has 156 valence electrons. The summed E-state index contributed by atoms with van der Waals surface area (Å²) in [5.74, 6) is 0.888. The highest BCUT2D eigenvalue weighted by Crippen LogP contribution is 2.25. The number of benzene rings is 2. The molecule has 1 aliphatic rings. The van der Waals surface area contributed by atoms with Crippen molar-refractivity contribution in [1.29, 1.82) is 0 Å². The maximum absolute atomic E-state index is 11.6. The van der Waals surface area contributed by atoms with Crippen molar-refractivity contribution in [2.45, 2.75) is 56.1 Å². The zero-order valence-corrected chi connectivity index (χ0v) is 18.5. The summed E-state index contributed by atoms with van der Waals surface area (Å²) < 4.78 is 29.2. The van der Waals surface area contributed by atoms with Gasteiger partial charge in [0, 0.05) is 11.9 Å². The Hall–Kier alpha value is -2.12. The number of anilines is 1. The van der Waals surface area contributed by atoms with Gasteiger partial charge in [0.25, 0.3) is 0 Å². The lowest BCUT2D eigenvalue weighted by Gasteiger charge is -2.20. The largest absolute Gasteiger partial charge is 0.490 e. The van der Waals surface area contributed by atoms with Crippen LogP contribution in [0.4, 0.5) is 5.69 Å². The van der Waals surface area contributed by atoms with E-state index >= 15 is 0 Å². The van der Waals surface area contributed by atoms with Crippen LogP contribution in [0.25, 0.3) is 0 Å². The highest BCUT2D eigenvalue weighted by Gasteiger charge is 2.16. The highest BCUT2D eigenvalue weighted by molar-refractivity contribution is 7.90. The van der Waals surface area contributed by atoms with Crippen LogP contribution < -0.4 is 15.4 Å². The van der Waals surface area contributed by atoms with E-state index < -0.39 is 9.84 Å². The second-order valence-corrected chi connectivity index (χ2v) is 9.87. The lowest BCUT2D eigenvalue weighted by atomic mass is 10.1. The van der Waals surface area contributed by atoms with Gasteiger partial charge in [0.1, 0.15) is 5.75 Å². The average Bonchev–Trinajstić information content (AvgIpc) is 3.20. The predicted molar refractivity (Wildman–Crippen MR) is 121 cm³/mol. The Morgan fingerprint density at radius 2 is 1.72 bits per heavy atom. The number of hydrogen-bond donors (Lipinski definition) is 2. The minimum Gasteiger partial charge on any atom is -0.490 e. The van der Waals surface area contributed by atoms with E-state index in [-0.39, 0.29) is 6.04 Å². The van der Waals surface area contributed by atoms with Crippen molar-refractivity contribution in [3.05, 3.63) is 54.1 Å². The summed E-state index contributed by atoms with van der Waals surface area (Å²) >= 11 is 5.46.